The van der Waals surface area contributed by atoms with Crippen molar-refractivity contribution in [2.45, 2.75) is 37.8 Å². The van der Waals surface area contributed by atoms with Crippen molar-refractivity contribution in [2.75, 3.05) is 7.05 Å². The van der Waals surface area contributed by atoms with E-state index >= 15 is 0 Å². The van der Waals surface area contributed by atoms with E-state index in [4.69, 9.17) is 0 Å². The summed E-state index contributed by atoms with van der Waals surface area (Å²) in [5.74, 6) is -0.114. The number of hydrogen-bond acceptors (Lipinski definition) is 3. The Morgan fingerprint density at radius 2 is 2.18 bits per heavy atom. The maximum Gasteiger partial charge on any atom is 0.272 e. The highest BCUT2D eigenvalue weighted by Gasteiger charge is 2.30. The first kappa shape index (κ1) is 12.0. The van der Waals surface area contributed by atoms with Gasteiger partial charge in [-0.25, -0.2) is 0 Å². The predicted octanol–water partition coefficient (Wildman–Crippen LogP) is 1.46. The van der Waals surface area contributed by atoms with Crippen molar-refractivity contribution in [3.8, 4) is 0 Å². The van der Waals surface area contributed by atoms with E-state index in [-0.39, 0.29) is 11.9 Å². The number of rotatable bonds is 2. The number of hydrogen-bond donors (Lipinski definition) is 1. The van der Waals surface area contributed by atoms with Gasteiger partial charge in [-0.3, -0.25) is 9.78 Å². The summed E-state index contributed by atoms with van der Waals surface area (Å²) in [6.45, 7) is 0. The third-order valence-corrected chi connectivity index (χ3v) is 3.40. The molecular weight excluding hydrogens is 216 g/mol. The molecule has 1 N–H and O–H groups in total. The molecule has 1 fully saturated rings. The number of aliphatic hydroxyl groups is 1. The highest BCUT2D eigenvalue weighted by Crippen LogP contribution is 2.23. The monoisotopic (exact) mass is 234 g/mol. The van der Waals surface area contributed by atoms with Gasteiger partial charge in [0.15, 0.2) is 0 Å². The Kier molecular flexibility index (Phi) is 3.74. The highest BCUT2D eigenvalue weighted by atomic mass is 16.3. The number of amides is 1. The molecule has 0 spiro atoms. The Morgan fingerprint density at radius 3 is 2.82 bits per heavy atom. The molecule has 0 radical (unpaired) electrons. The van der Waals surface area contributed by atoms with Gasteiger partial charge in [-0.1, -0.05) is 18.9 Å². The second-order valence-corrected chi connectivity index (χ2v) is 4.55. The lowest BCUT2D eigenvalue weighted by atomic mass is 9.91. The van der Waals surface area contributed by atoms with Crippen molar-refractivity contribution in [1.82, 2.24) is 9.88 Å². The fourth-order valence-corrected chi connectivity index (χ4v) is 2.36. The number of pyridine rings is 1. The van der Waals surface area contributed by atoms with Crippen molar-refractivity contribution in [3.63, 3.8) is 0 Å². The number of nitrogens with zero attached hydrogens (tertiary/aromatic N) is 2. The number of carbonyl (C=O) groups is 1. The fraction of sp³-hybridized carbons (Fsp3) is 0.538. The van der Waals surface area contributed by atoms with E-state index in [1.807, 2.05) is 0 Å². The van der Waals surface area contributed by atoms with Crippen molar-refractivity contribution in [3.05, 3.63) is 30.1 Å². The molecule has 1 heterocycles. The third-order valence-electron chi connectivity index (χ3n) is 3.40. The average Bonchev–Trinajstić information content (AvgIpc) is 2.39. The minimum absolute atomic E-state index is 0.0711. The molecule has 0 saturated heterocycles. The molecule has 1 aromatic heterocycles. The smallest absolute Gasteiger partial charge is 0.272 e. The summed E-state index contributed by atoms with van der Waals surface area (Å²) in [7, 11) is 1.75. The topological polar surface area (TPSA) is 53.4 Å². The first-order valence-electron chi connectivity index (χ1n) is 6.06. The number of aromatic nitrogens is 1. The molecule has 1 amide bonds. The van der Waals surface area contributed by atoms with Crippen LogP contribution in [0.4, 0.5) is 0 Å². The van der Waals surface area contributed by atoms with Crippen LogP contribution in [0, 0.1) is 0 Å². The lowest BCUT2D eigenvalue weighted by Crippen LogP contribution is -2.46. The lowest BCUT2D eigenvalue weighted by Gasteiger charge is -2.34. The van der Waals surface area contributed by atoms with E-state index in [2.05, 4.69) is 4.98 Å². The van der Waals surface area contributed by atoms with E-state index in [9.17, 15) is 9.90 Å². The Morgan fingerprint density at radius 1 is 1.41 bits per heavy atom. The van der Waals surface area contributed by atoms with E-state index in [1.165, 1.54) is 0 Å². The van der Waals surface area contributed by atoms with E-state index in [0.29, 0.717) is 5.69 Å². The quantitative estimate of drug-likeness (QED) is 0.842. The molecule has 17 heavy (non-hydrogen) atoms. The summed E-state index contributed by atoms with van der Waals surface area (Å²) >= 11 is 0. The molecule has 4 heteroatoms. The fourth-order valence-electron chi connectivity index (χ4n) is 2.36. The van der Waals surface area contributed by atoms with Crippen LogP contribution in [0.15, 0.2) is 24.4 Å². The molecular formula is C13H18N2O2. The van der Waals surface area contributed by atoms with Crippen LogP contribution in [-0.4, -0.2) is 40.1 Å². The Hall–Kier alpha value is -1.42. The zero-order valence-electron chi connectivity index (χ0n) is 10.0. The van der Waals surface area contributed by atoms with Crippen molar-refractivity contribution < 1.29 is 9.90 Å². The molecule has 1 aliphatic rings. The maximum atomic E-state index is 12.1. The average molecular weight is 234 g/mol. The van der Waals surface area contributed by atoms with Gasteiger partial charge < -0.3 is 10.0 Å². The zero-order chi connectivity index (χ0) is 12.3. The van der Waals surface area contributed by atoms with Crippen LogP contribution in [0.25, 0.3) is 0 Å². The number of carbonyl (C=O) groups excluding carboxylic acids is 1. The second kappa shape index (κ2) is 5.27. The molecule has 1 saturated carbocycles. The predicted molar refractivity (Wildman–Crippen MR) is 64.6 cm³/mol. The van der Waals surface area contributed by atoms with Gasteiger partial charge in [0.2, 0.25) is 0 Å². The summed E-state index contributed by atoms with van der Waals surface area (Å²) in [5, 5.41) is 9.92. The van der Waals surface area contributed by atoms with Gasteiger partial charge in [-0.2, -0.15) is 0 Å². The standard InChI is InChI=1S/C13H18N2O2/c1-15(11-7-2-3-8-12(11)16)13(17)10-6-4-5-9-14-10/h4-6,9,11-12,16H,2-3,7-8H2,1H3. The molecule has 0 aromatic carbocycles. The molecule has 0 bridgehead atoms. The van der Waals surface area contributed by atoms with Crippen LogP contribution in [0.2, 0.25) is 0 Å². The van der Waals surface area contributed by atoms with Crippen LogP contribution in [-0.2, 0) is 0 Å². The summed E-state index contributed by atoms with van der Waals surface area (Å²) in [5.41, 5.74) is 0.438. The third kappa shape index (κ3) is 2.64. The van der Waals surface area contributed by atoms with Crippen molar-refractivity contribution in [2.24, 2.45) is 0 Å². The Labute approximate surface area is 101 Å². The van der Waals surface area contributed by atoms with Gasteiger partial charge in [0.1, 0.15) is 5.69 Å². The molecule has 1 aliphatic carbocycles. The van der Waals surface area contributed by atoms with Crippen LogP contribution in [0.3, 0.4) is 0 Å². The minimum Gasteiger partial charge on any atom is -0.391 e. The minimum atomic E-state index is -0.401. The van der Waals surface area contributed by atoms with Gasteiger partial charge in [-0.05, 0) is 25.0 Å². The number of aliphatic hydroxyl groups excluding tert-OH is 1. The van der Waals surface area contributed by atoms with Crippen LogP contribution < -0.4 is 0 Å². The lowest BCUT2D eigenvalue weighted by molar-refractivity contribution is 0.0264. The first-order chi connectivity index (χ1) is 8.20. The molecule has 1 aromatic rings. The highest BCUT2D eigenvalue weighted by molar-refractivity contribution is 5.92. The van der Waals surface area contributed by atoms with Gasteiger partial charge >= 0.3 is 0 Å². The van der Waals surface area contributed by atoms with Gasteiger partial charge in [-0.15, -0.1) is 0 Å². The summed E-state index contributed by atoms with van der Waals surface area (Å²) < 4.78 is 0. The summed E-state index contributed by atoms with van der Waals surface area (Å²) in [4.78, 5) is 17.8. The second-order valence-electron chi connectivity index (χ2n) is 4.55. The SMILES string of the molecule is CN(C(=O)c1ccccn1)C1CCCCC1O. The molecule has 2 atom stereocenters. The van der Waals surface area contributed by atoms with Crippen molar-refractivity contribution in [1.29, 1.82) is 0 Å². The molecule has 2 rings (SSSR count). The zero-order valence-corrected chi connectivity index (χ0v) is 10.0. The maximum absolute atomic E-state index is 12.1. The van der Waals surface area contributed by atoms with E-state index in [0.717, 1.165) is 25.7 Å². The Balaban J connectivity index is 2.09. The molecule has 0 aliphatic heterocycles. The van der Waals surface area contributed by atoms with Crippen LogP contribution in [0.5, 0.6) is 0 Å². The van der Waals surface area contributed by atoms with Crippen molar-refractivity contribution >= 4 is 5.91 Å². The van der Waals surface area contributed by atoms with Gasteiger partial charge in [0.25, 0.3) is 5.91 Å². The van der Waals surface area contributed by atoms with Gasteiger partial charge in [0.05, 0.1) is 12.1 Å². The normalized spacial score (nSPS) is 24.4. The van der Waals surface area contributed by atoms with E-state index < -0.39 is 6.10 Å². The number of likely N-dealkylation sites (N-methyl/N-ethyl adjacent to an activating group) is 1. The summed E-state index contributed by atoms with van der Waals surface area (Å²) in [6, 6.07) is 5.21. The van der Waals surface area contributed by atoms with Crippen LogP contribution in [0.1, 0.15) is 36.2 Å². The van der Waals surface area contributed by atoms with Gasteiger partial charge in [0, 0.05) is 13.2 Å². The largest absolute Gasteiger partial charge is 0.391 e. The molecule has 2 unspecified atom stereocenters. The summed E-state index contributed by atoms with van der Waals surface area (Å²) in [6.07, 6.45) is 4.98. The Bertz CT molecular complexity index is 380. The van der Waals surface area contributed by atoms with Crippen LogP contribution >= 0.6 is 0 Å². The molecule has 4 nitrogen and oxygen atoms in total. The van der Waals surface area contributed by atoms with E-state index in [1.54, 1.807) is 36.3 Å². The molecule has 92 valence electrons. The first-order valence-corrected chi connectivity index (χ1v) is 6.06.